The predicted octanol–water partition coefficient (Wildman–Crippen LogP) is 0.856. The molecule has 0 saturated heterocycles. The van der Waals surface area contributed by atoms with Gasteiger partial charge in [0.2, 0.25) is 0 Å². The summed E-state index contributed by atoms with van der Waals surface area (Å²) in [4.78, 5) is 0. The van der Waals surface area contributed by atoms with Crippen LogP contribution in [0.5, 0.6) is 0 Å². The van der Waals surface area contributed by atoms with E-state index in [9.17, 15) is 8.42 Å². The summed E-state index contributed by atoms with van der Waals surface area (Å²) in [6.45, 7) is 4.57. The first kappa shape index (κ1) is 15.6. The van der Waals surface area contributed by atoms with Crippen LogP contribution in [0.4, 0.5) is 0 Å². The van der Waals surface area contributed by atoms with Crippen LogP contribution in [-0.2, 0) is 21.3 Å². The summed E-state index contributed by atoms with van der Waals surface area (Å²) < 4.78 is 29.7. The van der Waals surface area contributed by atoms with Gasteiger partial charge in [0.15, 0.2) is 5.82 Å². The summed E-state index contributed by atoms with van der Waals surface area (Å²) in [6, 6.07) is 5.88. The lowest BCUT2D eigenvalue weighted by Crippen LogP contribution is -2.20. The Kier molecular flexibility index (Phi) is 4.40. The molecule has 0 amide bonds. The van der Waals surface area contributed by atoms with Crippen molar-refractivity contribution in [2.24, 2.45) is 5.14 Å². The Morgan fingerprint density at radius 3 is 2.33 bits per heavy atom. The maximum absolute atomic E-state index is 11.6. The Balaban J connectivity index is 2.60. The van der Waals surface area contributed by atoms with Crippen molar-refractivity contribution in [3.63, 3.8) is 0 Å². The van der Waals surface area contributed by atoms with Gasteiger partial charge in [-0.15, -0.1) is 10.2 Å². The lowest BCUT2D eigenvalue weighted by Gasteiger charge is -2.10. The number of hydrogen-bond acceptors (Lipinski definition) is 5. The second-order valence-electron chi connectivity index (χ2n) is 4.87. The smallest absolute Gasteiger partial charge is 0.273 e. The van der Waals surface area contributed by atoms with Crippen molar-refractivity contribution in [2.45, 2.75) is 25.5 Å². The molecule has 0 unspecified atom stereocenters. The first-order valence-electron chi connectivity index (χ1n) is 6.36. The molecule has 0 fully saturated rings. The molecule has 1 aromatic carbocycles. The van der Waals surface area contributed by atoms with Gasteiger partial charge >= 0.3 is 0 Å². The van der Waals surface area contributed by atoms with Gasteiger partial charge in [-0.25, -0.2) is 13.6 Å². The van der Waals surface area contributed by atoms with Gasteiger partial charge in [-0.05, 0) is 26.0 Å². The van der Waals surface area contributed by atoms with Gasteiger partial charge in [0.25, 0.3) is 15.2 Å². The zero-order valence-electron chi connectivity index (χ0n) is 12.2. The number of benzene rings is 1. The van der Waals surface area contributed by atoms with Gasteiger partial charge in [0.1, 0.15) is 0 Å². The maximum Gasteiger partial charge on any atom is 0.273 e. The number of aromatic nitrogens is 3. The van der Waals surface area contributed by atoms with Gasteiger partial charge in [-0.1, -0.05) is 17.2 Å². The van der Waals surface area contributed by atoms with Crippen molar-refractivity contribution in [2.75, 3.05) is 13.7 Å². The molecule has 0 aliphatic rings. The fourth-order valence-electron chi connectivity index (χ4n) is 2.20. The van der Waals surface area contributed by atoms with E-state index in [2.05, 4.69) is 10.2 Å². The van der Waals surface area contributed by atoms with Crippen molar-refractivity contribution in [3.8, 4) is 11.4 Å². The molecule has 2 rings (SSSR count). The third kappa shape index (κ3) is 3.46. The molecule has 0 saturated carbocycles. The summed E-state index contributed by atoms with van der Waals surface area (Å²) in [5, 5.41) is 12.6. The van der Waals surface area contributed by atoms with E-state index < -0.39 is 10.0 Å². The topological polar surface area (TPSA) is 100 Å². The van der Waals surface area contributed by atoms with Crippen molar-refractivity contribution in [1.82, 2.24) is 14.8 Å². The van der Waals surface area contributed by atoms with E-state index in [1.54, 1.807) is 0 Å². The number of primary sulfonamides is 1. The molecule has 114 valence electrons. The Morgan fingerprint density at radius 2 is 1.81 bits per heavy atom. The van der Waals surface area contributed by atoms with Crippen molar-refractivity contribution in [3.05, 3.63) is 29.3 Å². The van der Waals surface area contributed by atoms with E-state index in [4.69, 9.17) is 9.88 Å². The Hall–Kier alpha value is -1.77. The molecule has 1 heterocycles. The highest BCUT2D eigenvalue weighted by molar-refractivity contribution is 7.89. The monoisotopic (exact) mass is 310 g/mol. The lowest BCUT2D eigenvalue weighted by atomic mass is 10.1. The lowest BCUT2D eigenvalue weighted by molar-refractivity contribution is 0.185. The van der Waals surface area contributed by atoms with E-state index in [1.165, 1.54) is 11.7 Å². The van der Waals surface area contributed by atoms with Crippen molar-refractivity contribution in [1.29, 1.82) is 0 Å². The highest BCUT2D eigenvalue weighted by Gasteiger charge is 2.22. The quantitative estimate of drug-likeness (QED) is 0.882. The van der Waals surface area contributed by atoms with Crippen LogP contribution in [0.15, 0.2) is 23.4 Å². The second-order valence-corrected chi connectivity index (χ2v) is 6.33. The van der Waals surface area contributed by atoms with Crippen LogP contribution < -0.4 is 5.14 Å². The number of methoxy groups -OCH3 is 1. The van der Waals surface area contributed by atoms with Crippen LogP contribution in [0.25, 0.3) is 11.4 Å². The van der Waals surface area contributed by atoms with E-state index in [0.717, 1.165) is 16.7 Å². The summed E-state index contributed by atoms with van der Waals surface area (Å²) in [6.07, 6.45) is 0. The summed E-state index contributed by atoms with van der Waals surface area (Å²) in [5.74, 6) is 0.461. The molecule has 1 aromatic heterocycles. The molecule has 0 aliphatic carbocycles. The average Bonchev–Trinajstić information content (AvgIpc) is 2.78. The molecule has 0 aliphatic heterocycles. The van der Waals surface area contributed by atoms with Gasteiger partial charge < -0.3 is 4.74 Å². The molecule has 2 aromatic rings. The Morgan fingerprint density at radius 1 is 1.19 bits per heavy atom. The van der Waals surface area contributed by atoms with Crippen molar-refractivity contribution < 1.29 is 13.2 Å². The third-order valence-electron chi connectivity index (χ3n) is 2.97. The number of nitrogens with zero attached hydrogens (tertiary/aromatic N) is 3. The molecule has 8 heteroatoms. The molecule has 0 bridgehead atoms. The van der Waals surface area contributed by atoms with Crippen LogP contribution in [0.3, 0.4) is 0 Å². The maximum atomic E-state index is 11.6. The summed E-state index contributed by atoms with van der Waals surface area (Å²) in [5.41, 5.74) is 2.91. The summed E-state index contributed by atoms with van der Waals surface area (Å²) in [7, 11) is -2.40. The molecule has 0 spiro atoms. The number of aryl methyl sites for hydroxylation is 2. The minimum atomic E-state index is -3.94. The molecule has 2 N–H and O–H groups in total. The van der Waals surface area contributed by atoms with Gasteiger partial charge in [-0.3, -0.25) is 4.57 Å². The van der Waals surface area contributed by atoms with Gasteiger partial charge in [-0.2, -0.15) is 0 Å². The van der Waals surface area contributed by atoms with Crippen LogP contribution in [-0.4, -0.2) is 36.9 Å². The molecular formula is C13H18N4O3S. The van der Waals surface area contributed by atoms with Crippen molar-refractivity contribution >= 4 is 10.0 Å². The number of hydrogen-bond donors (Lipinski definition) is 1. The Bertz CT molecular complexity index is 733. The molecule has 0 atom stereocenters. The van der Waals surface area contributed by atoms with E-state index >= 15 is 0 Å². The highest BCUT2D eigenvalue weighted by Crippen LogP contribution is 2.22. The number of rotatable bonds is 5. The fraction of sp³-hybridized carbons (Fsp3) is 0.385. The molecular weight excluding hydrogens is 292 g/mol. The fourth-order valence-corrected chi connectivity index (χ4v) is 2.84. The first-order valence-corrected chi connectivity index (χ1v) is 7.91. The SMILES string of the molecule is COCCn1c(-c2cc(C)cc(C)c2)nnc1S(N)(=O)=O. The normalized spacial score (nSPS) is 11.8. The number of nitrogens with two attached hydrogens (primary N) is 1. The number of sulfonamides is 1. The van der Waals surface area contributed by atoms with E-state index in [-0.39, 0.29) is 5.16 Å². The molecule has 7 nitrogen and oxygen atoms in total. The predicted molar refractivity (Wildman–Crippen MR) is 78.2 cm³/mol. The molecule has 0 radical (unpaired) electrons. The standard InChI is InChI=1S/C13H18N4O3S/c1-9-6-10(2)8-11(7-9)12-15-16-13(21(14,18)19)17(12)4-5-20-3/h6-8H,4-5H2,1-3H3,(H2,14,18,19). The Labute approximate surface area is 123 Å². The molecule has 21 heavy (non-hydrogen) atoms. The van der Waals surface area contributed by atoms with E-state index in [1.807, 2.05) is 32.0 Å². The van der Waals surface area contributed by atoms with Gasteiger partial charge in [0.05, 0.1) is 13.2 Å². The van der Waals surface area contributed by atoms with Gasteiger partial charge in [0, 0.05) is 12.7 Å². The first-order chi connectivity index (χ1) is 9.82. The largest absolute Gasteiger partial charge is 0.383 e. The van der Waals surface area contributed by atoms with Crippen LogP contribution in [0.2, 0.25) is 0 Å². The van der Waals surface area contributed by atoms with E-state index in [0.29, 0.717) is 19.0 Å². The third-order valence-corrected chi connectivity index (χ3v) is 3.78. The minimum absolute atomic E-state index is 0.256. The second kappa shape index (κ2) is 5.92. The minimum Gasteiger partial charge on any atom is -0.383 e. The number of ether oxygens (including phenoxy) is 1. The zero-order valence-corrected chi connectivity index (χ0v) is 13.0. The van der Waals surface area contributed by atoms with Crippen LogP contribution in [0.1, 0.15) is 11.1 Å². The summed E-state index contributed by atoms with van der Waals surface area (Å²) >= 11 is 0. The highest BCUT2D eigenvalue weighted by atomic mass is 32.2. The average molecular weight is 310 g/mol. The van der Waals surface area contributed by atoms with Crippen LogP contribution in [0, 0.1) is 13.8 Å². The van der Waals surface area contributed by atoms with Crippen LogP contribution >= 0.6 is 0 Å². The zero-order chi connectivity index (χ0) is 15.6.